The van der Waals surface area contributed by atoms with Crippen molar-refractivity contribution in [3.8, 4) is 0 Å². The van der Waals surface area contributed by atoms with Crippen molar-refractivity contribution in [2.24, 2.45) is 11.7 Å². The van der Waals surface area contributed by atoms with Gasteiger partial charge in [-0.05, 0) is 12.8 Å². The van der Waals surface area contributed by atoms with Gasteiger partial charge in [-0.2, -0.15) is 13.2 Å². The van der Waals surface area contributed by atoms with Crippen LogP contribution in [0.2, 0.25) is 0 Å². The second kappa shape index (κ2) is 5.55. The molecule has 0 saturated heterocycles. The number of carbonyl (C=O) groups excluding carboxylic acids is 2. The van der Waals surface area contributed by atoms with E-state index in [1.807, 2.05) is 0 Å². The van der Waals surface area contributed by atoms with E-state index in [2.05, 4.69) is 5.32 Å². The third-order valence-electron chi connectivity index (χ3n) is 3.06. The number of nitrogen functional groups attached to an aromatic ring is 1. The van der Waals surface area contributed by atoms with Gasteiger partial charge in [-0.3, -0.25) is 9.59 Å². The third-order valence-corrected chi connectivity index (χ3v) is 4.24. The number of Topliss-reactive ketones (excluding diaryl/α,β-unsaturated/α-hetero) is 1. The Morgan fingerprint density at radius 1 is 1.33 bits per heavy atom. The van der Waals surface area contributed by atoms with Crippen LogP contribution in [0.5, 0.6) is 0 Å². The molecule has 1 aromatic heterocycles. The summed E-state index contributed by atoms with van der Waals surface area (Å²) in [7, 11) is 0. The lowest BCUT2D eigenvalue weighted by Gasteiger charge is -2.08. The van der Waals surface area contributed by atoms with Crippen molar-refractivity contribution in [2.75, 3.05) is 17.6 Å². The number of hydrogen-bond acceptors (Lipinski definition) is 5. The van der Waals surface area contributed by atoms with Gasteiger partial charge >= 0.3 is 6.18 Å². The molecule has 0 spiro atoms. The smallest absolute Gasteiger partial charge is 0.390 e. The number of thiophene rings is 1. The molecule has 1 heterocycles. The molecule has 0 radical (unpaired) electrons. The van der Waals surface area contributed by atoms with Crippen LogP contribution in [0.1, 0.15) is 39.3 Å². The number of hydrogen-bond donors (Lipinski definition) is 3. The fourth-order valence-electron chi connectivity index (χ4n) is 1.84. The predicted molar refractivity (Wildman–Crippen MR) is 73.5 cm³/mol. The topological polar surface area (TPSA) is 98.2 Å². The molecule has 1 aliphatic carbocycles. The number of anilines is 2. The number of nitrogens with two attached hydrogens (primary N) is 2. The van der Waals surface area contributed by atoms with E-state index in [1.54, 1.807) is 0 Å². The maximum Gasteiger partial charge on any atom is 0.390 e. The lowest BCUT2D eigenvalue weighted by Crippen LogP contribution is -2.18. The number of alkyl halides is 3. The van der Waals surface area contributed by atoms with Crippen LogP contribution in [0.15, 0.2) is 0 Å². The molecule has 5 nitrogen and oxygen atoms in total. The van der Waals surface area contributed by atoms with Crippen LogP contribution in [-0.2, 0) is 0 Å². The van der Waals surface area contributed by atoms with E-state index < -0.39 is 25.0 Å². The molecule has 0 atom stereocenters. The summed E-state index contributed by atoms with van der Waals surface area (Å²) in [6, 6.07) is 0. The summed E-state index contributed by atoms with van der Waals surface area (Å²) in [5.74, 6) is -1.15. The number of rotatable bonds is 6. The van der Waals surface area contributed by atoms with Gasteiger partial charge in [0, 0.05) is 12.5 Å². The number of carbonyl (C=O) groups is 2. The fraction of sp³-hybridized carbons (Fsp3) is 0.500. The zero-order valence-electron chi connectivity index (χ0n) is 10.9. The molecule has 9 heteroatoms. The second-order valence-corrected chi connectivity index (χ2v) is 5.86. The first-order valence-electron chi connectivity index (χ1n) is 6.27. The Balaban J connectivity index is 2.20. The number of primary amides is 1. The first-order chi connectivity index (χ1) is 9.70. The SMILES string of the molecule is NC(=O)c1c(NCCC(F)(F)F)sc(C(=O)C2CC2)c1N. The van der Waals surface area contributed by atoms with Crippen LogP contribution >= 0.6 is 11.3 Å². The van der Waals surface area contributed by atoms with Crippen LogP contribution in [0, 0.1) is 5.92 Å². The van der Waals surface area contributed by atoms with Crippen molar-refractivity contribution >= 4 is 33.7 Å². The molecule has 2 rings (SSSR count). The molecular formula is C12H14F3N3O2S. The van der Waals surface area contributed by atoms with Gasteiger partial charge in [-0.15, -0.1) is 11.3 Å². The molecule has 0 bridgehead atoms. The highest BCUT2D eigenvalue weighted by molar-refractivity contribution is 7.19. The van der Waals surface area contributed by atoms with Crippen LogP contribution in [0.3, 0.4) is 0 Å². The maximum atomic E-state index is 12.1. The van der Waals surface area contributed by atoms with E-state index in [1.165, 1.54) is 0 Å². The molecule has 1 saturated carbocycles. The Labute approximate surface area is 122 Å². The van der Waals surface area contributed by atoms with Crippen molar-refractivity contribution in [1.82, 2.24) is 0 Å². The van der Waals surface area contributed by atoms with E-state index in [4.69, 9.17) is 11.5 Å². The number of nitrogens with one attached hydrogen (secondary N) is 1. The molecule has 1 fully saturated rings. The summed E-state index contributed by atoms with van der Waals surface area (Å²) in [5, 5.41) is 2.61. The molecular weight excluding hydrogens is 307 g/mol. The summed E-state index contributed by atoms with van der Waals surface area (Å²) in [6.07, 6.45) is -3.85. The number of ketones is 1. The third kappa shape index (κ3) is 3.66. The van der Waals surface area contributed by atoms with E-state index in [0.717, 1.165) is 24.2 Å². The van der Waals surface area contributed by atoms with Crippen LogP contribution in [0.4, 0.5) is 23.9 Å². The molecule has 0 unspecified atom stereocenters. The van der Waals surface area contributed by atoms with Gasteiger partial charge in [0.2, 0.25) is 0 Å². The highest BCUT2D eigenvalue weighted by atomic mass is 32.1. The summed E-state index contributed by atoms with van der Waals surface area (Å²) in [5.41, 5.74) is 10.8. The highest BCUT2D eigenvalue weighted by Crippen LogP contribution is 2.41. The Hall–Kier alpha value is -1.77. The van der Waals surface area contributed by atoms with Gasteiger partial charge in [0.25, 0.3) is 5.91 Å². The van der Waals surface area contributed by atoms with E-state index >= 15 is 0 Å². The van der Waals surface area contributed by atoms with E-state index in [9.17, 15) is 22.8 Å². The standard InChI is InChI=1S/C12H14F3N3O2S/c13-12(14,15)3-4-18-11-6(10(17)20)7(16)9(21-11)8(19)5-1-2-5/h5,18H,1-4,16H2,(H2,17,20). The summed E-state index contributed by atoms with van der Waals surface area (Å²) in [6.45, 7) is -0.416. The monoisotopic (exact) mass is 321 g/mol. The molecule has 0 aliphatic heterocycles. The van der Waals surface area contributed by atoms with Gasteiger partial charge in [0.05, 0.1) is 22.5 Å². The summed E-state index contributed by atoms with van der Waals surface area (Å²) in [4.78, 5) is 23.6. The Kier molecular flexibility index (Phi) is 4.13. The number of halogens is 3. The summed E-state index contributed by atoms with van der Waals surface area (Å²) < 4.78 is 36.4. The average molecular weight is 321 g/mol. The predicted octanol–water partition coefficient (Wildman–Crippen LogP) is 2.39. The van der Waals surface area contributed by atoms with Gasteiger partial charge < -0.3 is 16.8 Å². The zero-order valence-corrected chi connectivity index (χ0v) is 11.7. The number of amides is 1. The van der Waals surface area contributed by atoms with E-state index in [0.29, 0.717) is 0 Å². The normalized spacial score (nSPS) is 15.0. The van der Waals surface area contributed by atoms with Gasteiger partial charge in [-0.1, -0.05) is 0 Å². The minimum absolute atomic E-state index is 0.0427. The van der Waals surface area contributed by atoms with Gasteiger partial charge in [0.15, 0.2) is 5.78 Å². The molecule has 21 heavy (non-hydrogen) atoms. The first kappa shape index (κ1) is 15.6. The summed E-state index contributed by atoms with van der Waals surface area (Å²) >= 11 is 0.888. The van der Waals surface area contributed by atoms with Crippen molar-refractivity contribution in [3.05, 3.63) is 10.4 Å². The molecule has 116 valence electrons. The Morgan fingerprint density at radius 3 is 2.43 bits per heavy atom. The zero-order chi connectivity index (χ0) is 15.8. The Bertz CT molecular complexity index is 579. The lowest BCUT2D eigenvalue weighted by atomic mass is 10.1. The van der Waals surface area contributed by atoms with Crippen LogP contribution < -0.4 is 16.8 Å². The first-order valence-corrected chi connectivity index (χ1v) is 7.09. The van der Waals surface area contributed by atoms with E-state index in [-0.39, 0.29) is 32.8 Å². The van der Waals surface area contributed by atoms with Crippen molar-refractivity contribution in [3.63, 3.8) is 0 Å². The molecule has 1 amide bonds. The van der Waals surface area contributed by atoms with Crippen LogP contribution in [0.25, 0.3) is 0 Å². The maximum absolute atomic E-state index is 12.1. The quantitative estimate of drug-likeness (QED) is 0.701. The largest absolute Gasteiger partial charge is 0.397 e. The highest BCUT2D eigenvalue weighted by Gasteiger charge is 2.35. The lowest BCUT2D eigenvalue weighted by molar-refractivity contribution is -0.131. The minimum atomic E-state index is -4.31. The second-order valence-electron chi connectivity index (χ2n) is 4.84. The Morgan fingerprint density at radius 2 is 1.95 bits per heavy atom. The molecule has 0 aromatic carbocycles. The average Bonchev–Trinajstić information content (AvgIpc) is 3.12. The van der Waals surface area contributed by atoms with Crippen molar-refractivity contribution in [2.45, 2.75) is 25.4 Å². The van der Waals surface area contributed by atoms with Crippen molar-refractivity contribution < 1.29 is 22.8 Å². The van der Waals surface area contributed by atoms with Crippen molar-refractivity contribution in [1.29, 1.82) is 0 Å². The fourth-order valence-corrected chi connectivity index (χ4v) is 3.01. The molecule has 1 aliphatic rings. The van der Waals surface area contributed by atoms with Crippen LogP contribution in [-0.4, -0.2) is 24.4 Å². The van der Waals surface area contributed by atoms with Gasteiger partial charge in [-0.25, -0.2) is 0 Å². The molecule has 1 aromatic rings. The molecule has 5 N–H and O–H groups in total. The van der Waals surface area contributed by atoms with Gasteiger partial charge in [0.1, 0.15) is 5.00 Å². The minimum Gasteiger partial charge on any atom is -0.397 e.